The fourth-order valence-corrected chi connectivity index (χ4v) is 4.29. The van der Waals surface area contributed by atoms with Gasteiger partial charge >= 0.3 is 5.97 Å². The van der Waals surface area contributed by atoms with Gasteiger partial charge in [0.2, 0.25) is 11.9 Å². The zero-order chi connectivity index (χ0) is 26.8. The summed E-state index contributed by atoms with van der Waals surface area (Å²) < 4.78 is 26.9. The second kappa shape index (κ2) is 10.5. The lowest BCUT2D eigenvalue weighted by molar-refractivity contribution is -0.144. The summed E-state index contributed by atoms with van der Waals surface area (Å²) in [5.74, 6) is 0.0134. The lowest BCUT2D eigenvalue weighted by Crippen LogP contribution is -2.48. The van der Waals surface area contributed by atoms with Gasteiger partial charge in [-0.3, -0.25) is 4.90 Å². The van der Waals surface area contributed by atoms with Crippen molar-refractivity contribution in [3.8, 4) is 17.2 Å². The topological polar surface area (TPSA) is 138 Å². The van der Waals surface area contributed by atoms with Crippen LogP contribution in [-0.4, -0.2) is 88.0 Å². The van der Waals surface area contributed by atoms with Crippen LogP contribution in [0.3, 0.4) is 0 Å². The number of hydrogen-bond donors (Lipinski definition) is 2. The van der Waals surface area contributed by atoms with Crippen LogP contribution in [0.25, 0.3) is 17.1 Å². The Bertz CT molecular complexity index is 1420. The Morgan fingerprint density at radius 3 is 2.71 bits per heavy atom. The normalized spacial score (nSPS) is 15.1. The highest BCUT2D eigenvalue weighted by molar-refractivity contribution is 5.72. The highest BCUT2D eigenvalue weighted by Crippen LogP contribution is 2.26. The number of anilines is 3. The Labute approximate surface area is 218 Å². The first-order valence-corrected chi connectivity index (χ1v) is 12.2. The average Bonchev–Trinajstić information content (AvgIpc) is 3.58. The van der Waals surface area contributed by atoms with E-state index >= 15 is 0 Å². The number of aliphatic carboxylic acids is 1. The maximum Gasteiger partial charge on any atom is 0.344 e. The molecule has 4 aromatic rings. The molecular weight excluding hydrogens is 495 g/mol. The van der Waals surface area contributed by atoms with Crippen LogP contribution in [0.4, 0.5) is 22.0 Å². The van der Waals surface area contributed by atoms with E-state index in [9.17, 15) is 9.18 Å². The number of hydrogen-bond acceptors (Lipinski definition) is 10. The maximum absolute atomic E-state index is 14.7. The number of carbonyl (C=O) groups is 1. The molecular formula is C25H29FN8O4. The Hall–Kier alpha value is -4.39. The average molecular weight is 525 g/mol. The second-order valence-electron chi connectivity index (χ2n) is 9.12. The van der Waals surface area contributed by atoms with Crippen LogP contribution in [0.15, 0.2) is 47.1 Å². The molecule has 200 valence electrons. The monoisotopic (exact) mass is 524 g/mol. The summed E-state index contributed by atoms with van der Waals surface area (Å²) in [5.41, 5.74) is 7.82. The lowest BCUT2D eigenvalue weighted by Gasteiger charge is -2.36. The number of nitrogens with two attached hydrogens (primary N) is 1. The number of fused-ring (bicyclic) bond motifs is 1. The van der Waals surface area contributed by atoms with E-state index < -0.39 is 17.9 Å². The molecule has 1 aliphatic heterocycles. The van der Waals surface area contributed by atoms with Crippen molar-refractivity contribution in [2.45, 2.75) is 13.0 Å². The molecule has 0 amide bonds. The molecule has 38 heavy (non-hydrogen) atoms. The van der Waals surface area contributed by atoms with Gasteiger partial charge in [0.25, 0.3) is 0 Å². The van der Waals surface area contributed by atoms with E-state index in [0.717, 1.165) is 19.6 Å². The third kappa shape index (κ3) is 5.32. The van der Waals surface area contributed by atoms with Crippen molar-refractivity contribution < 1.29 is 23.4 Å². The van der Waals surface area contributed by atoms with E-state index in [0.29, 0.717) is 48.4 Å². The van der Waals surface area contributed by atoms with Gasteiger partial charge in [-0.25, -0.2) is 9.18 Å². The molecule has 0 saturated carbocycles. The molecule has 1 fully saturated rings. The minimum Gasteiger partial charge on any atom is -0.479 e. The van der Waals surface area contributed by atoms with Gasteiger partial charge in [0.05, 0.1) is 12.0 Å². The number of carboxylic acids is 1. The lowest BCUT2D eigenvalue weighted by atomic mass is 10.2. The van der Waals surface area contributed by atoms with E-state index in [-0.39, 0.29) is 11.7 Å². The molecule has 3 N–H and O–H groups in total. The van der Waals surface area contributed by atoms with Gasteiger partial charge in [-0.1, -0.05) is 0 Å². The summed E-state index contributed by atoms with van der Waals surface area (Å²) in [6.07, 6.45) is 0.532. The number of ether oxygens (including phenoxy) is 1. The van der Waals surface area contributed by atoms with Gasteiger partial charge in [0, 0.05) is 58.4 Å². The standard InChI is InChI=1S/C25H29FN8O4/c1-16(23(35)36)38-17-5-6-20(18(26)14-17)33-11-9-32(10-12-33)8-7-31(2)25-28-22-15-19(21-4-3-13-37-21)30-34(22)24(27)29-25/h3-6,13-16H,7-12H2,1-2H3,(H,35,36)(H2,27,28,29)/t16-/m1/s1. The van der Waals surface area contributed by atoms with Gasteiger partial charge < -0.3 is 29.8 Å². The Kier molecular flexibility index (Phi) is 7.01. The van der Waals surface area contributed by atoms with E-state index in [2.05, 4.69) is 20.0 Å². The van der Waals surface area contributed by atoms with Crippen LogP contribution in [0, 0.1) is 5.82 Å². The number of piperazine rings is 1. The number of aromatic nitrogens is 4. The largest absolute Gasteiger partial charge is 0.479 e. The predicted octanol–water partition coefficient (Wildman–Crippen LogP) is 2.22. The van der Waals surface area contributed by atoms with Crippen molar-refractivity contribution >= 4 is 29.2 Å². The molecule has 5 rings (SSSR count). The molecule has 1 aromatic carbocycles. The molecule has 1 aliphatic rings. The number of rotatable bonds is 9. The van der Waals surface area contributed by atoms with Gasteiger partial charge in [0.15, 0.2) is 17.5 Å². The predicted molar refractivity (Wildman–Crippen MR) is 139 cm³/mol. The van der Waals surface area contributed by atoms with Crippen molar-refractivity contribution in [1.82, 2.24) is 24.5 Å². The first-order chi connectivity index (χ1) is 18.3. The quantitative estimate of drug-likeness (QED) is 0.333. The van der Waals surface area contributed by atoms with E-state index in [1.807, 2.05) is 22.9 Å². The van der Waals surface area contributed by atoms with Crippen molar-refractivity contribution in [3.05, 3.63) is 48.5 Å². The minimum atomic E-state index is -1.10. The molecule has 0 radical (unpaired) electrons. The van der Waals surface area contributed by atoms with Crippen LogP contribution in [0.5, 0.6) is 5.75 Å². The number of nitrogen functional groups attached to an aromatic ring is 1. The summed E-state index contributed by atoms with van der Waals surface area (Å²) in [4.78, 5) is 26.2. The number of furan rings is 1. The molecule has 0 aliphatic carbocycles. The highest BCUT2D eigenvalue weighted by atomic mass is 19.1. The number of carboxylic acid groups (broad SMARTS) is 1. The Morgan fingerprint density at radius 1 is 1.24 bits per heavy atom. The van der Waals surface area contributed by atoms with Gasteiger partial charge in [-0.2, -0.15) is 19.6 Å². The smallest absolute Gasteiger partial charge is 0.344 e. The molecule has 4 heterocycles. The highest BCUT2D eigenvalue weighted by Gasteiger charge is 2.22. The summed E-state index contributed by atoms with van der Waals surface area (Å²) in [6, 6.07) is 9.88. The van der Waals surface area contributed by atoms with Gasteiger partial charge in [0.1, 0.15) is 17.3 Å². The van der Waals surface area contributed by atoms with Gasteiger partial charge in [-0.05, 0) is 31.2 Å². The number of nitrogens with zero attached hydrogens (tertiary/aromatic N) is 7. The maximum atomic E-state index is 14.7. The van der Waals surface area contributed by atoms with Crippen LogP contribution in [0.2, 0.25) is 0 Å². The third-order valence-electron chi connectivity index (χ3n) is 6.50. The van der Waals surface area contributed by atoms with Gasteiger partial charge in [-0.15, -0.1) is 0 Å². The molecule has 12 nitrogen and oxygen atoms in total. The van der Waals surface area contributed by atoms with Crippen molar-refractivity contribution in [3.63, 3.8) is 0 Å². The van der Waals surface area contributed by atoms with Crippen LogP contribution >= 0.6 is 0 Å². The van der Waals surface area contributed by atoms with Crippen molar-refractivity contribution in [2.24, 2.45) is 0 Å². The first kappa shape index (κ1) is 25.3. The zero-order valence-electron chi connectivity index (χ0n) is 21.1. The summed E-state index contributed by atoms with van der Waals surface area (Å²) in [6.45, 7) is 5.70. The van der Waals surface area contributed by atoms with Crippen LogP contribution in [-0.2, 0) is 4.79 Å². The fraction of sp³-hybridized carbons (Fsp3) is 0.360. The minimum absolute atomic E-state index is 0.192. The Balaban J connectivity index is 1.15. The zero-order valence-corrected chi connectivity index (χ0v) is 21.1. The Morgan fingerprint density at radius 2 is 2.03 bits per heavy atom. The summed E-state index contributed by atoms with van der Waals surface area (Å²) >= 11 is 0. The first-order valence-electron chi connectivity index (χ1n) is 12.2. The van der Waals surface area contributed by atoms with Crippen LogP contribution in [0.1, 0.15) is 6.92 Å². The fourth-order valence-electron chi connectivity index (χ4n) is 4.29. The molecule has 0 spiro atoms. The second-order valence-corrected chi connectivity index (χ2v) is 9.12. The molecule has 1 saturated heterocycles. The number of benzene rings is 1. The SMILES string of the molecule is C[C@@H](Oc1ccc(N2CCN(CCN(C)c3nc(N)n4nc(-c5ccco5)cc4n3)CC2)c(F)c1)C(=O)O. The molecule has 1 atom stereocenters. The molecule has 0 unspecified atom stereocenters. The van der Waals surface area contributed by atoms with Crippen molar-refractivity contribution in [2.75, 3.05) is 61.8 Å². The van der Waals surface area contributed by atoms with Crippen LogP contribution < -0.4 is 20.3 Å². The molecule has 0 bridgehead atoms. The third-order valence-corrected chi connectivity index (χ3v) is 6.50. The van der Waals surface area contributed by atoms with Crippen molar-refractivity contribution in [1.29, 1.82) is 0 Å². The molecule has 3 aromatic heterocycles. The van der Waals surface area contributed by atoms with E-state index in [1.54, 1.807) is 30.5 Å². The number of halogens is 1. The summed E-state index contributed by atoms with van der Waals surface area (Å²) in [7, 11) is 1.91. The van der Waals surface area contributed by atoms with E-state index in [1.165, 1.54) is 17.5 Å². The number of likely N-dealkylation sites (N-methyl/N-ethyl adjacent to an activating group) is 1. The molecule has 13 heteroatoms. The van der Waals surface area contributed by atoms with E-state index in [4.69, 9.17) is 20.0 Å². The summed E-state index contributed by atoms with van der Waals surface area (Å²) in [5, 5.41) is 13.4.